The molecular formula is C36H64N2O7. The second-order valence-corrected chi connectivity index (χ2v) is 12.0. The van der Waals surface area contributed by atoms with Crippen LogP contribution in [0.2, 0.25) is 0 Å². The highest BCUT2D eigenvalue weighted by molar-refractivity contribution is 5.87. The van der Waals surface area contributed by atoms with Crippen molar-refractivity contribution in [1.82, 2.24) is 10.6 Å². The third-order valence-electron chi connectivity index (χ3n) is 7.68. The van der Waals surface area contributed by atoms with Crippen molar-refractivity contribution in [2.75, 3.05) is 13.2 Å². The fourth-order valence-corrected chi connectivity index (χ4v) is 4.97. The molecule has 4 N–H and O–H groups in total. The lowest BCUT2D eigenvalue weighted by Crippen LogP contribution is -2.47. The van der Waals surface area contributed by atoms with E-state index < -0.39 is 24.5 Å². The quantitative estimate of drug-likeness (QED) is 0.0355. The van der Waals surface area contributed by atoms with Crippen molar-refractivity contribution in [3.05, 3.63) is 24.3 Å². The van der Waals surface area contributed by atoms with E-state index in [4.69, 9.17) is 14.9 Å². The Morgan fingerprint density at radius 2 is 1.24 bits per heavy atom. The molecule has 2 unspecified atom stereocenters. The van der Waals surface area contributed by atoms with Crippen LogP contribution in [-0.2, 0) is 23.9 Å². The summed E-state index contributed by atoms with van der Waals surface area (Å²) in [5.74, 6) is -2.42. The van der Waals surface area contributed by atoms with Crippen molar-refractivity contribution in [3.8, 4) is 0 Å². The number of ether oxygens (including phenoxy) is 1. The number of hydrogen-bond acceptors (Lipinski definition) is 6. The van der Waals surface area contributed by atoms with E-state index >= 15 is 0 Å². The lowest BCUT2D eigenvalue weighted by Gasteiger charge is -2.17. The molecule has 2 atom stereocenters. The molecule has 0 aliphatic carbocycles. The van der Waals surface area contributed by atoms with Crippen molar-refractivity contribution in [2.45, 2.75) is 167 Å². The molecule has 0 heterocycles. The second-order valence-electron chi connectivity index (χ2n) is 12.0. The van der Waals surface area contributed by atoms with E-state index in [0.717, 1.165) is 64.2 Å². The van der Waals surface area contributed by atoms with Crippen LogP contribution in [0.4, 0.5) is 0 Å². The molecule has 2 amide bonds. The first-order valence-corrected chi connectivity index (χ1v) is 17.7. The summed E-state index contributed by atoms with van der Waals surface area (Å²) in [5, 5.41) is 22.3. The number of aliphatic hydroxyl groups excluding tert-OH is 1. The van der Waals surface area contributed by atoms with Gasteiger partial charge in [0.15, 0.2) is 0 Å². The predicted molar refractivity (Wildman–Crippen MR) is 181 cm³/mol. The van der Waals surface area contributed by atoms with Crippen LogP contribution in [0.1, 0.15) is 155 Å². The fourth-order valence-electron chi connectivity index (χ4n) is 4.97. The molecule has 0 saturated carbocycles. The number of esters is 1. The predicted octanol–water partition coefficient (Wildman–Crippen LogP) is 7.31. The van der Waals surface area contributed by atoms with Crippen LogP contribution in [0.15, 0.2) is 24.3 Å². The average molecular weight is 637 g/mol. The zero-order chi connectivity index (χ0) is 33.4. The van der Waals surface area contributed by atoms with Crippen LogP contribution in [0.25, 0.3) is 0 Å². The summed E-state index contributed by atoms with van der Waals surface area (Å²) in [6, 6.07) is -1.39. The summed E-state index contributed by atoms with van der Waals surface area (Å²) in [4.78, 5) is 46.8. The molecule has 0 spiro atoms. The van der Waals surface area contributed by atoms with Crippen LogP contribution in [0.3, 0.4) is 0 Å². The van der Waals surface area contributed by atoms with Gasteiger partial charge in [0.25, 0.3) is 0 Å². The van der Waals surface area contributed by atoms with E-state index in [0.29, 0.717) is 12.8 Å². The van der Waals surface area contributed by atoms with Crippen LogP contribution in [0, 0.1) is 0 Å². The molecule has 0 aromatic rings. The van der Waals surface area contributed by atoms with Crippen molar-refractivity contribution in [1.29, 1.82) is 0 Å². The number of carboxylic acids is 1. The fraction of sp³-hybridized carbons (Fsp3) is 0.778. The minimum absolute atomic E-state index is 0.0886. The minimum atomic E-state index is -1.39. The first-order chi connectivity index (χ1) is 21.8. The minimum Gasteiger partial charge on any atom is -0.480 e. The van der Waals surface area contributed by atoms with Gasteiger partial charge >= 0.3 is 11.9 Å². The first-order valence-electron chi connectivity index (χ1n) is 17.7. The molecule has 0 fully saturated rings. The highest BCUT2D eigenvalue weighted by atomic mass is 16.5. The van der Waals surface area contributed by atoms with Crippen LogP contribution < -0.4 is 10.6 Å². The van der Waals surface area contributed by atoms with Crippen molar-refractivity contribution in [2.24, 2.45) is 0 Å². The van der Waals surface area contributed by atoms with E-state index in [2.05, 4.69) is 48.8 Å². The zero-order valence-electron chi connectivity index (χ0n) is 28.4. The number of carbonyl (C=O) groups is 4. The number of hydrogen-bond donors (Lipinski definition) is 4. The van der Waals surface area contributed by atoms with Gasteiger partial charge in [0.05, 0.1) is 13.2 Å². The van der Waals surface area contributed by atoms with Gasteiger partial charge in [0, 0.05) is 12.8 Å². The Hall–Kier alpha value is -2.68. The number of aliphatic carboxylic acids is 1. The molecule has 0 aromatic carbocycles. The molecule has 0 radical (unpaired) electrons. The molecule has 9 heteroatoms. The van der Waals surface area contributed by atoms with Crippen molar-refractivity contribution >= 4 is 23.8 Å². The third-order valence-corrected chi connectivity index (χ3v) is 7.68. The number of rotatable bonds is 31. The lowest BCUT2D eigenvalue weighted by molar-refractivity contribution is -0.150. The first kappa shape index (κ1) is 42.3. The van der Waals surface area contributed by atoms with E-state index in [1.165, 1.54) is 57.8 Å². The number of unbranched alkanes of at least 4 members (excludes halogenated alkanes) is 13. The molecule has 0 aromatic heterocycles. The van der Waals surface area contributed by atoms with Gasteiger partial charge in [-0.15, -0.1) is 0 Å². The third kappa shape index (κ3) is 28.5. The van der Waals surface area contributed by atoms with Gasteiger partial charge in [-0.3, -0.25) is 14.4 Å². The van der Waals surface area contributed by atoms with Crippen LogP contribution >= 0.6 is 0 Å². The number of aliphatic hydroxyl groups is 1. The summed E-state index contributed by atoms with van der Waals surface area (Å²) in [5.41, 5.74) is 0. The molecule has 0 bridgehead atoms. The molecule has 9 nitrogen and oxygen atoms in total. The Morgan fingerprint density at radius 1 is 0.667 bits per heavy atom. The van der Waals surface area contributed by atoms with Gasteiger partial charge in [-0.1, -0.05) is 102 Å². The summed E-state index contributed by atoms with van der Waals surface area (Å²) < 4.78 is 5.74. The van der Waals surface area contributed by atoms with Gasteiger partial charge in [0.1, 0.15) is 12.1 Å². The highest BCUT2D eigenvalue weighted by Gasteiger charge is 2.19. The Morgan fingerprint density at radius 3 is 1.84 bits per heavy atom. The number of nitrogens with one attached hydrogen (secondary N) is 2. The topological polar surface area (TPSA) is 142 Å². The van der Waals surface area contributed by atoms with Crippen molar-refractivity contribution < 1.29 is 34.1 Å². The summed E-state index contributed by atoms with van der Waals surface area (Å²) in [6.07, 6.45) is 31.5. The molecule has 0 aliphatic rings. The number of amides is 2. The maximum Gasteiger partial charge on any atom is 0.328 e. The van der Waals surface area contributed by atoms with Gasteiger partial charge in [0.2, 0.25) is 11.8 Å². The maximum atomic E-state index is 12.4. The second kappa shape index (κ2) is 31.3. The monoisotopic (exact) mass is 636 g/mol. The lowest BCUT2D eigenvalue weighted by atomic mass is 10.0. The number of carboxylic acid groups (broad SMARTS) is 1. The summed E-state index contributed by atoms with van der Waals surface area (Å²) in [7, 11) is 0. The summed E-state index contributed by atoms with van der Waals surface area (Å²) in [6.45, 7) is 3.26. The van der Waals surface area contributed by atoms with E-state index in [1.54, 1.807) is 0 Å². The number of carbonyl (C=O) groups excluding carboxylic acids is 3. The van der Waals surface area contributed by atoms with E-state index in [1.807, 2.05) is 0 Å². The van der Waals surface area contributed by atoms with Crippen molar-refractivity contribution in [3.63, 3.8) is 0 Å². The Bertz CT molecular complexity index is 828. The average Bonchev–Trinajstić information content (AvgIpc) is 3.01. The SMILES string of the molecule is CCCCCC/C=C\C/C=C\CCCCCCCCCC(=O)OC(CCC)CCCCCC(=O)NCC(=O)NC(CO)C(=O)O. The van der Waals surface area contributed by atoms with Gasteiger partial charge in [-0.05, 0) is 64.2 Å². The van der Waals surface area contributed by atoms with Gasteiger partial charge in [-0.2, -0.15) is 0 Å². The molecule has 0 rings (SSSR count). The largest absolute Gasteiger partial charge is 0.480 e. The zero-order valence-corrected chi connectivity index (χ0v) is 28.4. The Balaban J connectivity index is 3.79. The standard InChI is InChI=1S/C36H64N2O7/c1-3-5-6-7-8-9-10-11-12-13-14-15-16-17-18-19-20-24-28-35(42)45-31(25-4-2)26-22-21-23-27-33(40)37-29-34(41)38-32(30-39)36(43)44/h9-10,12-13,31-32,39H,3-8,11,14-30H2,1-2H3,(H,37,40)(H,38,41)(H,43,44)/b10-9-,13-12-. The highest BCUT2D eigenvalue weighted by Crippen LogP contribution is 2.16. The molecule has 0 saturated heterocycles. The molecule has 260 valence electrons. The molecule has 45 heavy (non-hydrogen) atoms. The Labute approximate surface area is 273 Å². The van der Waals surface area contributed by atoms with E-state index in [9.17, 15) is 19.2 Å². The smallest absolute Gasteiger partial charge is 0.328 e. The number of allylic oxidation sites excluding steroid dienone is 4. The summed E-state index contributed by atoms with van der Waals surface area (Å²) >= 11 is 0. The van der Waals surface area contributed by atoms with Gasteiger partial charge < -0.3 is 25.6 Å². The molecular weight excluding hydrogens is 572 g/mol. The Kier molecular flexibility index (Phi) is 29.4. The van der Waals surface area contributed by atoms with Crippen LogP contribution in [-0.4, -0.2) is 59.3 Å². The maximum absolute atomic E-state index is 12.4. The normalized spacial score (nSPS) is 12.8. The molecule has 0 aliphatic heterocycles. The van der Waals surface area contributed by atoms with Crippen LogP contribution in [0.5, 0.6) is 0 Å². The van der Waals surface area contributed by atoms with E-state index in [-0.39, 0.29) is 30.9 Å². The van der Waals surface area contributed by atoms with Gasteiger partial charge in [-0.25, -0.2) is 4.79 Å².